The van der Waals surface area contributed by atoms with Gasteiger partial charge in [0.05, 0.1) is 16.8 Å². The Labute approximate surface area is 206 Å². The van der Waals surface area contributed by atoms with E-state index >= 15 is 0 Å². The molecule has 1 saturated carbocycles. The van der Waals surface area contributed by atoms with Crippen molar-refractivity contribution >= 4 is 43.6 Å². The number of fused-ring (bicyclic) bond motifs is 2. The van der Waals surface area contributed by atoms with Gasteiger partial charge in [0, 0.05) is 52.2 Å². The van der Waals surface area contributed by atoms with Crippen LogP contribution in [0.1, 0.15) is 36.0 Å². The second-order valence-electron chi connectivity index (χ2n) is 9.36. The molecule has 2 heterocycles. The van der Waals surface area contributed by atoms with Crippen molar-refractivity contribution in [2.45, 2.75) is 25.7 Å². The van der Waals surface area contributed by atoms with Crippen molar-refractivity contribution in [1.82, 2.24) is 14.9 Å². The first-order valence-corrected chi connectivity index (χ1v) is 12.6. The SMILES string of the molecule is Cn1cc(-c2cc(C(=O)NCC3CCC(CN)CC3)c3ccc(F)cc3n2)c2cc(Br)ccc21. The monoisotopic (exact) mass is 522 g/mol. The molecule has 0 spiro atoms. The van der Waals surface area contributed by atoms with Gasteiger partial charge in [-0.2, -0.15) is 0 Å². The second-order valence-corrected chi connectivity index (χ2v) is 10.3. The molecule has 5 rings (SSSR count). The number of hydrogen-bond donors (Lipinski definition) is 2. The van der Waals surface area contributed by atoms with Crippen LogP contribution in [0.25, 0.3) is 33.1 Å². The molecule has 0 aliphatic heterocycles. The number of amides is 1. The van der Waals surface area contributed by atoms with Gasteiger partial charge in [0.15, 0.2) is 0 Å². The highest BCUT2D eigenvalue weighted by Gasteiger charge is 2.22. The van der Waals surface area contributed by atoms with Gasteiger partial charge in [-0.1, -0.05) is 15.9 Å². The molecule has 0 atom stereocenters. The van der Waals surface area contributed by atoms with Crippen LogP contribution in [-0.4, -0.2) is 28.5 Å². The first-order chi connectivity index (χ1) is 16.4. The third kappa shape index (κ3) is 4.46. The summed E-state index contributed by atoms with van der Waals surface area (Å²) in [7, 11) is 1.98. The Morgan fingerprint density at radius 3 is 2.65 bits per heavy atom. The van der Waals surface area contributed by atoms with Gasteiger partial charge in [0.2, 0.25) is 0 Å². The molecule has 7 heteroatoms. The molecule has 0 radical (unpaired) electrons. The summed E-state index contributed by atoms with van der Waals surface area (Å²) in [5.41, 5.74) is 9.40. The zero-order chi connectivity index (χ0) is 23.8. The highest BCUT2D eigenvalue weighted by Crippen LogP contribution is 2.34. The van der Waals surface area contributed by atoms with Crippen molar-refractivity contribution in [3.8, 4) is 11.3 Å². The molecule has 0 bridgehead atoms. The summed E-state index contributed by atoms with van der Waals surface area (Å²) in [5, 5.41) is 4.80. The number of pyridine rings is 1. The maximum Gasteiger partial charge on any atom is 0.252 e. The Morgan fingerprint density at radius 1 is 1.12 bits per heavy atom. The van der Waals surface area contributed by atoms with Crippen LogP contribution >= 0.6 is 15.9 Å². The van der Waals surface area contributed by atoms with Crippen LogP contribution in [0.3, 0.4) is 0 Å². The minimum atomic E-state index is -0.374. The van der Waals surface area contributed by atoms with Crippen LogP contribution in [0.2, 0.25) is 0 Å². The average molecular weight is 523 g/mol. The quantitative estimate of drug-likeness (QED) is 0.348. The molecular weight excluding hydrogens is 495 g/mol. The first-order valence-electron chi connectivity index (χ1n) is 11.8. The Morgan fingerprint density at radius 2 is 1.88 bits per heavy atom. The molecule has 1 aliphatic carbocycles. The van der Waals surface area contributed by atoms with E-state index in [1.165, 1.54) is 12.1 Å². The topological polar surface area (TPSA) is 72.9 Å². The lowest BCUT2D eigenvalue weighted by molar-refractivity contribution is 0.0943. The van der Waals surface area contributed by atoms with E-state index in [1.807, 2.05) is 42.1 Å². The predicted octanol–water partition coefficient (Wildman–Crippen LogP) is 5.79. The minimum absolute atomic E-state index is 0.150. The van der Waals surface area contributed by atoms with E-state index in [1.54, 1.807) is 6.07 Å². The maximum atomic E-state index is 14.1. The number of aryl methyl sites for hydroxylation is 1. The molecule has 2 aromatic heterocycles. The van der Waals surface area contributed by atoms with Crippen LogP contribution in [0.4, 0.5) is 4.39 Å². The van der Waals surface area contributed by atoms with Gasteiger partial charge >= 0.3 is 0 Å². The van der Waals surface area contributed by atoms with Crippen LogP contribution in [0.5, 0.6) is 0 Å². The highest BCUT2D eigenvalue weighted by atomic mass is 79.9. The number of aromatic nitrogens is 2. The largest absolute Gasteiger partial charge is 0.352 e. The fourth-order valence-corrected chi connectivity index (χ4v) is 5.46. The molecular formula is C27H28BrFN4O. The highest BCUT2D eigenvalue weighted by molar-refractivity contribution is 9.10. The van der Waals surface area contributed by atoms with Crippen molar-refractivity contribution in [3.63, 3.8) is 0 Å². The van der Waals surface area contributed by atoms with E-state index in [0.29, 0.717) is 40.5 Å². The first kappa shape index (κ1) is 23.0. The van der Waals surface area contributed by atoms with E-state index in [4.69, 9.17) is 10.7 Å². The number of benzene rings is 2. The predicted molar refractivity (Wildman–Crippen MR) is 138 cm³/mol. The summed E-state index contributed by atoms with van der Waals surface area (Å²) < 4.78 is 17.1. The number of nitrogens with two attached hydrogens (primary N) is 1. The van der Waals surface area contributed by atoms with E-state index in [0.717, 1.165) is 53.2 Å². The Bertz CT molecular complexity index is 1370. The smallest absolute Gasteiger partial charge is 0.252 e. The maximum absolute atomic E-state index is 14.1. The van der Waals surface area contributed by atoms with Crippen molar-refractivity contribution in [2.75, 3.05) is 13.1 Å². The average Bonchev–Trinajstić information content (AvgIpc) is 3.17. The lowest BCUT2D eigenvalue weighted by Gasteiger charge is -2.27. The standard InChI is InChI=1S/C27H28BrFN4O/c1-33-15-23(21-10-18(28)6-9-26(21)33)25-12-22(20-8-7-19(29)11-24(20)32-25)27(34)31-14-17-4-2-16(13-30)3-5-17/h6-12,15-17H,2-5,13-14,30H2,1H3,(H,31,34). The molecule has 34 heavy (non-hydrogen) atoms. The van der Waals surface area contributed by atoms with E-state index in [-0.39, 0.29) is 11.7 Å². The molecule has 5 nitrogen and oxygen atoms in total. The van der Waals surface area contributed by atoms with Gasteiger partial charge in [-0.15, -0.1) is 0 Å². The van der Waals surface area contributed by atoms with Gasteiger partial charge in [-0.3, -0.25) is 4.79 Å². The van der Waals surface area contributed by atoms with Gasteiger partial charge in [-0.25, -0.2) is 9.37 Å². The molecule has 1 aliphatic rings. The van der Waals surface area contributed by atoms with Crippen LogP contribution in [-0.2, 0) is 7.05 Å². The van der Waals surface area contributed by atoms with E-state index in [2.05, 4.69) is 21.2 Å². The van der Waals surface area contributed by atoms with E-state index in [9.17, 15) is 9.18 Å². The van der Waals surface area contributed by atoms with Gasteiger partial charge < -0.3 is 15.6 Å². The molecule has 0 saturated heterocycles. The van der Waals surface area contributed by atoms with Gasteiger partial charge in [0.25, 0.3) is 5.91 Å². The molecule has 1 fully saturated rings. The van der Waals surface area contributed by atoms with Crippen LogP contribution in [0, 0.1) is 17.7 Å². The third-order valence-corrected chi connectivity index (χ3v) is 7.59. The summed E-state index contributed by atoms with van der Waals surface area (Å²) in [6.07, 6.45) is 6.41. The number of carbonyl (C=O) groups excluding carboxylic acids is 1. The van der Waals surface area contributed by atoms with Crippen molar-refractivity contribution < 1.29 is 9.18 Å². The van der Waals surface area contributed by atoms with Gasteiger partial charge in [0.1, 0.15) is 5.82 Å². The van der Waals surface area contributed by atoms with Crippen LogP contribution in [0.15, 0.2) is 53.1 Å². The van der Waals surface area contributed by atoms with Crippen LogP contribution < -0.4 is 11.1 Å². The summed E-state index contributed by atoms with van der Waals surface area (Å²) in [6, 6.07) is 12.3. The summed E-state index contributed by atoms with van der Waals surface area (Å²) in [5.74, 6) is 0.546. The van der Waals surface area contributed by atoms with Gasteiger partial charge in [-0.05, 0) is 80.5 Å². The molecule has 176 valence electrons. The number of halogens is 2. The fraction of sp³-hybridized carbons (Fsp3) is 0.333. The van der Waals surface area contributed by atoms with Crippen molar-refractivity contribution in [2.24, 2.45) is 24.6 Å². The molecule has 3 N–H and O–H groups in total. The normalized spacial score (nSPS) is 18.5. The molecule has 2 aromatic carbocycles. The summed E-state index contributed by atoms with van der Waals surface area (Å²) >= 11 is 3.55. The lowest BCUT2D eigenvalue weighted by atomic mass is 9.82. The number of nitrogens with zero attached hydrogens (tertiary/aromatic N) is 2. The molecule has 0 unspecified atom stereocenters. The Hall–Kier alpha value is -2.77. The minimum Gasteiger partial charge on any atom is -0.352 e. The number of hydrogen-bond acceptors (Lipinski definition) is 3. The fourth-order valence-electron chi connectivity index (χ4n) is 5.10. The zero-order valence-corrected chi connectivity index (χ0v) is 20.7. The van der Waals surface area contributed by atoms with E-state index < -0.39 is 0 Å². The Balaban J connectivity index is 1.51. The van der Waals surface area contributed by atoms with Crippen molar-refractivity contribution in [3.05, 3.63) is 64.5 Å². The number of nitrogens with one attached hydrogen (secondary N) is 1. The number of carbonyl (C=O) groups is 1. The molecule has 1 amide bonds. The summed E-state index contributed by atoms with van der Waals surface area (Å²) in [4.78, 5) is 18.1. The second kappa shape index (κ2) is 9.47. The zero-order valence-electron chi connectivity index (χ0n) is 19.2. The lowest BCUT2D eigenvalue weighted by Crippen LogP contribution is -2.32. The molecule has 4 aromatic rings. The Kier molecular flexibility index (Phi) is 6.40. The van der Waals surface area contributed by atoms with Crippen molar-refractivity contribution in [1.29, 1.82) is 0 Å². The number of rotatable bonds is 5. The summed E-state index contributed by atoms with van der Waals surface area (Å²) in [6.45, 7) is 1.38. The third-order valence-electron chi connectivity index (χ3n) is 7.09.